The summed E-state index contributed by atoms with van der Waals surface area (Å²) < 4.78 is 34.7. The van der Waals surface area contributed by atoms with Gasteiger partial charge in [-0.2, -0.15) is 0 Å². The van der Waals surface area contributed by atoms with Crippen LogP contribution >= 0.6 is 11.3 Å². The SMILES string of the molecule is COc1ccc(-c2cncnc2)cc1CN(C(=O)c1sc2c(F)ccc(F)c2c1N)C1CCCCC1. The molecule has 5 rings (SSSR count). The third kappa shape index (κ3) is 4.51. The topological polar surface area (TPSA) is 81.3 Å². The van der Waals surface area contributed by atoms with Crippen molar-refractivity contribution in [3.8, 4) is 16.9 Å². The number of anilines is 1. The molecule has 4 aromatic rings. The minimum absolute atomic E-state index is 0.0139. The number of carbonyl (C=O) groups is 1. The average Bonchev–Trinajstić information content (AvgIpc) is 3.28. The smallest absolute Gasteiger partial charge is 0.266 e. The average molecular weight is 509 g/mol. The molecule has 0 saturated heterocycles. The fraction of sp³-hybridized carbons (Fsp3) is 0.296. The second kappa shape index (κ2) is 10.2. The van der Waals surface area contributed by atoms with Crippen LogP contribution in [0.4, 0.5) is 14.5 Å². The van der Waals surface area contributed by atoms with E-state index in [-0.39, 0.29) is 39.1 Å². The molecule has 0 unspecified atom stereocenters. The summed E-state index contributed by atoms with van der Waals surface area (Å²) in [6, 6.07) is 7.83. The van der Waals surface area contributed by atoms with Crippen molar-refractivity contribution in [1.29, 1.82) is 0 Å². The van der Waals surface area contributed by atoms with E-state index in [9.17, 15) is 13.6 Å². The summed E-state index contributed by atoms with van der Waals surface area (Å²) >= 11 is 0.907. The highest BCUT2D eigenvalue weighted by atomic mass is 32.1. The van der Waals surface area contributed by atoms with Crippen LogP contribution in [0.2, 0.25) is 0 Å². The van der Waals surface area contributed by atoms with Crippen LogP contribution in [0.1, 0.15) is 47.3 Å². The number of methoxy groups -OCH3 is 1. The molecular formula is C27H26F2N4O2S. The number of hydrogen-bond donors (Lipinski definition) is 1. The standard InChI is InChI=1S/C27H26F2N4O2S/c1-35-22-10-7-16(18-12-31-15-32-13-18)11-17(22)14-33(19-5-3-2-4-6-19)27(34)26-24(30)23-20(28)8-9-21(29)25(23)36-26/h7-13,15,19H,2-6,14,30H2,1H3. The number of thiophene rings is 1. The highest BCUT2D eigenvalue weighted by Crippen LogP contribution is 2.39. The molecule has 0 atom stereocenters. The minimum Gasteiger partial charge on any atom is -0.496 e. The van der Waals surface area contributed by atoms with Crippen LogP contribution in [0.15, 0.2) is 49.1 Å². The van der Waals surface area contributed by atoms with Gasteiger partial charge in [-0.25, -0.2) is 18.7 Å². The summed E-state index contributed by atoms with van der Waals surface area (Å²) in [5.74, 6) is -0.908. The monoisotopic (exact) mass is 508 g/mol. The van der Waals surface area contributed by atoms with Crippen LogP contribution in [0.5, 0.6) is 5.75 Å². The second-order valence-electron chi connectivity index (χ2n) is 8.96. The molecule has 36 heavy (non-hydrogen) atoms. The summed E-state index contributed by atoms with van der Waals surface area (Å²) in [5.41, 5.74) is 8.79. The van der Waals surface area contributed by atoms with Gasteiger partial charge in [-0.1, -0.05) is 25.3 Å². The number of rotatable bonds is 6. The molecule has 0 aliphatic heterocycles. The number of hydrogen-bond acceptors (Lipinski definition) is 6. The van der Waals surface area contributed by atoms with Gasteiger partial charge in [0.05, 0.1) is 22.9 Å². The first-order valence-electron chi connectivity index (χ1n) is 11.9. The Morgan fingerprint density at radius 1 is 1.08 bits per heavy atom. The van der Waals surface area contributed by atoms with Gasteiger partial charge in [0.25, 0.3) is 5.91 Å². The van der Waals surface area contributed by atoms with Gasteiger partial charge in [-0.15, -0.1) is 11.3 Å². The minimum atomic E-state index is -0.636. The largest absolute Gasteiger partial charge is 0.496 e. The Morgan fingerprint density at radius 3 is 2.50 bits per heavy atom. The Bertz CT molecular complexity index is 1400. The van der Waals surface area contributed by atoms with E-state index < -0.39 is 11.6 Å². The van der Waals surface area contributed by atoms with E-state index in [1.54, 1.807) is 24.4 Å². The molecule has 1 aliphatic carbocycles. The van der Waals surface area contributed by atoms with Crippen molar-refractivity contribution in [2.75, 3.05) is 12.8 Å². The van der Waals surface area contributed by atoms with Crippen molar-refractivity contribution < 1.29 is 18.3 Å². The number of aromatic nitrogens is 2. The molecule has 6 nitrogen and oxygen atoms in total. The van der Waals surface area contributed by atoms with Gasteiger partial charge in [-0.3, -0.25) is 4.79 Å². The van der Waals surface area contributed by atoms with E-state index in [1.165, 1.54) is 6.33 Å². The van der Waals surface area contributed by atoms with Gasteiger partial charge < -0.3 is 15.4 Å². The zero-order valence-corrected chi connectivity index (χ0v) is 20.7. The van der Waals surface area contributed by atoms with Gasteiger partial charge in [0.15, 0.2) is 0 Å². The van der Waals surface area contributed by atoms with Crippen LogP contribution in [-0.4, -0.2) is 33.9 Å². The molecule has 9 heteroatoms. The van der Waals surface area contributed by atoms with E-state index in [2.05, 4.69) is 9.97 Å². The van der Waals surface area contributed by atoms with Crippen molar-refractivity contribution in [2.24, 2.45) is 0 Å². The normalized spacial score (nSPS) is 14.2. The summed E-state index contributed by atoms with van der Waals surface area (Å²) in [7, 11) is 1.59. The Balaban J connectivity index is 1.57. The lowest BCUT2D eigenvalue weighted by Crippen LogP contribution is -2.41. The van der Waals surface area contributed by atoms with Gasteiger partial charge >= 0.3 is 0 Å². The number of nitrogen functional groups attached to an aromatic ring is 1. The molecule has 0 radical (unpaired) electrons. The number of benzene rings is 2. The van der Waals surface area contributed by atoms with Gasteiger partial charge in [-0.05, 0) is 42.7 Å². The molecule has 2 aromatic heterocycles. The molecule has 1 aliphatic rings. The van der Waals surface area contributed by atoms with Crippen molar-refractivity contribution in [3.05, 3.63) is 71.1 Å². The second-order valence-corrected chi connectivity index (χ2v) is 9.98. The van der Waals surface area contributed by atoms with E-state index in [0.717, 1.165) is 72.3 Å². The van der Waals surface area contributed by atoms with E-state index in [1.807, 2.05) is 18.2 Å². The third-order valence-corrected chi connectivity index (χ3v) is 7.96. The Morgan fingerprint density at radius 2 is 1.81 bits per heavy atom. The summed E-state index contributed by atoms with van der Waals surface area (Å²) in [5, 5.41) is -0.0319. The lowest BCUT2D eigenvalue weighted by molar-refractivity contribution is 0.0618. The zero-order chi connectivity index (χ0) is 25.2. The summed E-state index contributed by atoms with van der Waals surface area (Å²) in [6.45, 7) is 0.271. The molecular weight excluding hydrogens is 482 g/mol. The molecule has 186 valence electrons. The summed E-state index contributed by atoms with van der Waals surface area (Å²) in [4.78, 5) is 24.1. The molecule has 2 aromatic carbocycles. The maximum Gasteiger partial charge on any atom is 0.266 e. The maximum absolute atomic E-state index is 14.5. The van der Waals surface area contributed by atoms with Gasteiger partial charge in [0.1, 0.15) is 28.6 Å². The van der Waals surface area contributed by atoms with Crippen molar-refractivity contribution >= 4 is 33.0 Å². The van der Waals surface area contributed by atoms with Crippen LogP contribution in [-0.2, 0) is 6.54 Å². The lowest BCUT2D eigenvalue weighted by Gasteiger charge is -2.35. The highest BCUT2D eigenvalue weighted by Gasteiger charge is 2.31. The molecule has 1 saturated carbocycles. The third-order valence-electron chi connectivity index (χ3n) is 6.76. The number of halogens is 2. The Labute approximate surface area is 211 Å². The van der Waals surface area contributed by atoms with Gasteiger partial charge in [0.2, 0.25) is 0 Å². The highest BCUT2D eigenvalue weighted by molar-refractivity contribution is 7.21. The Kier molecular flexibility index (Phi) is 6.82. The summed E-state index contributed by atoms with van der Waals surface area (Å²) in [6.07, 6.45) is 9.77. The molecule has 2 heterocycles. The number of ether oxygens (including phenoxy) is 1. The van der Waals surface area contributed by atoms with Crippen molar-refractivity contribution in [1.82, 2.24) is 14.9 Å². The Hall–Kier alpha value is -3.59. The van der Waals surface area contributed by atoms with Crippen LogP contribution < -0.4 is 10.5 Å². The molecule has 2 N–H and O–H groups in total. The van der Waals surface area contributed by atoms with Crippen LogP contribution in [0.25, 0.3) is 21.2 Å². The van der Waals surface area contributed by atoms with Crippen LogP contribution in [0.3, 0.4) is 0 Å². The molecule has 0 bridgehead atoms. The number of fused-ring (bicyclic) bond motifs is 1. The first kappa shape index (κ1) is 24.1. The van der Waals surface area contributed by atoms with Crippen molar-refractivity contribution in [2.45, 2.75) is 44.7 Å². The molecule has 1 amide bonds. The predicted octanol–water partition coefficient (Wildman–Crippen LogP) is 6.20. The number of carbonyl (C=O) groups excluding carboxylic acids is 1. The van der Waals surface area contributed by atoms with Crippen LogP contribution in [0, 0.1) is 11.6 Å². The lowest BCUT2D eigenvalue weighted by atomic mass is 9.93. The van der Waals surface area contributed by atoms with E-state index in [0.29, 0.717) is 5.75 Å². The number of nitrogens with two attached hydrogens (primary N) is 1. The number of nitrogens with zero attached hydrogens (tertiary/aromatic N) is 3. The first-order valence-corrected chi connectivity index (χ1v) is 12.7. The fourth-order valence-electron chi connectivity index (χ4n) is 4.92. The fourth-order valence-corrected chi connectivity index (χ4v) is 6.01. The van der Waals surface area contributed by atoms with Crippen molar-refractivity contribution in [3.63, 3.8) is 0 Å². The van der Waals surface area contributed by atoms with E-state index >= 15 is 0 Å². The van der Waals surface area contributed by atoms with Gasteiger partial charge in [0, 0.05) is 36.1 Å². The molecule has 1 fully saturated rings. The number of amides is 1. The maximum atomic E-state index is 14.5. The zero-order valence-electron chi connectivity index (χ0n) is 19.8. The van der Waals surface area contributed by atoms with E-state index in [4.69, 9.17) is 10.5 Å². The quantitative estimate of drug-likeness (QED) is 0.335. The first-order chi connectivity index (χ1) is 17.5. The molecule has 0 spiro atoms. The predicted molar refractivity (Wildman–Crippen MR) is 137 cm³/mol.